The van der Waals surface area contributed by atoms with E-state index in [-0.39, 0.29) is 16.4 Å². The van der Waals surface area contributed by atoms with E-state index in [0.717, 1.165) is 0 Å². The largest absolute Gasteiger partial charge is 0.412 e. The molecule has 0 aliphatic carbocycles. The highest BCUT2D eigenvalue weighted by molar-refractivity contribution is 2.64. The molecule has 50 valence electrons. The maximum Gasteiger partial charge on any atom is -0.0395 e. The Morgan fingerprint density at radius 2 is 0.857 bits per heavy atom. The first-order valence-electron chi connectivity index (χ1n) is 0.532. The molecule has 0 spiro atoms. The van der Waals surface area contributed by atoms with E-state index in [2.05, 4.69) is 10.1 Å². The number of hydrogen-bond acceptors (Lipinski definition) is 4. The smallest absolute Gasteiger partial charge is 0.0395 e. The summed E-state index contributed by atoms with van der Waals surface area (Å²) in [5.74, 6) is 0. The summed E-state index contributed by atoms with van der Waals surface area (Å²) in [6.45, 7) is 0. The van der Waals surface area contributed by atoms with Crippen LogP contribution in [0.1, 0.15) is 0 Å². The summed E-state index contributed by atoms with van der Waals surface area (Å²) >= 11 is 0. The molecule has 0 fully saturated rings. The van der Waals surface area contributed by atoms with Crippen LogP contribution in [0.2, 0.25) is 0 Å². The summed E-state index contributed by atoms with van der Waals surface area (Å²) in [5, 5.41) is 19.0. The van der Waals surface area contributed by atoms with Gasteiger partial charge in [-0.3, -0.25) is 0 Å². The Morgan fingerprint density at radius 1 is 0.714 bits per heavy atom. The number of hydrogen-bond donors (Lipinski definition) is 2. The van der Waals surface area contributed by atoms with E-state index in [1.54, 1.807) is 0 Å². The average Bonchev–Trinajstić information content (AvgIpc) is 1.37. The normalized spacial score (nSPS) is 4.29. The maximum atomic E-state index is 6.90. The second-order valence-corrected chi connectivity index (χ2v) is 0.149. The molecule has 0 unspecified atom stereocenters. The van der Waals surface area contributed by atoms with Gasteiger partial charge in [-0.25, -0.2) is 10.5 Å². The lowest BCUT2D eigenvalue weighted by Gasteiger charge is -1.71. The fourth-order valence-electron chi connectivity index (χ4n) is 0. The molecule has 7 nitrogen and oxygen atoms in total. The molecule has 0 aromatic heterocycles. The van der Waals surface area contributed by atoms with E-state index in [9.17, 15) is 0 Å². The Hall–Kier alpha value is -0.280. The summed E-state index contributed by atoms with van der Waals surface area (Å²) in [4.78, 5) is 0. The minimum absolute atomic E-state index is 0. The molecule has 7 heteroatoms. The van der Waals surface area contributed by atoms with Gasteiger partial charge in [-0.2, -0.15) is 0 Å². The van der Waals surface area contributed by atoms with Crippen molar-refractivity contribution in [3.05, 3.63) is 0 Å². The lowest BCUT2D eigenvalue weighted by Crippen LogP contribution is -1.75. The highest BCUT2D eigenvalue weighted by Crippen LogP contribution is 1.49. The molecular weight excluding hydrogens is 112 g/mol. The van der Waals surface area contributed by atoms with Crippen LogP contribution < -0.4 is 0 Å². The van der Waals surface area contributed by atoms with E-state index in [1.165, 1.54) is 0 Å². The molecule has 0 aliphatic heterocycles. The van der Waals surface area contributed by atoms with Crippen LogP contribution in [0.25, 0.3) is 0 Å². The van der Waals surface area contributed by atoms with E-state index in [4.69, 9.17) is 10.5 Å². The third-order valence-corrected chi connectivity index (χ3v) is 0.0333. The van der Waals surface area contributed by atoms with Crippen LogP contribution in [0.15, 0.2) is 0 Å². The van der Waals surface area contributed by atoms with Crippen molar-refractivity contribution < 1.29 is 37.0 Å². The Balaban J connectivity index is -0.0000000150. The Bertz CT molecular complexity index is 2.00. The van der Waals surface area contributed by atoms with Crippen molar-refractivity contribution in [1.82, 2.24) is 0 Å². The molecule has 0 radical (unpaired) electrons. The SMILES string of the molecule is O.O.O.OOOO. The molecular formula is H8O7. The van der Waals surface area contributed by atoms with Crippen molar-refractivity contribution in [3.8, 4) is 0 Å². The summed E-state index contributed by atoms with van der Waals surface area (Å²) < 4.78 is 0. The van der Waals surface area contributed by atoms with Crippen LogP contribution in [0.5, 0.6) is 0 Å². The minimum atomic E-state index is 0. The third kappa shape index (κ3) is 153. The van der Waals surface area contributed by atoms with E-state index in [1.807, 2.05) is 0 Å². The van der Waals surface area contributed by atoms with E-state index >= 15 is 0 Å². The van der Waals surface area contributed by atoms with Crippen molar-refractivity contribution >= 4 is 0 Å². The highest BCUT2D eigenvalue weighted by atomic mass is 17.6. The molecule has 0 aromatic carbocycles. The molecule has 0 heterocycles. The zero-order valence-corrected chi connectivity index (χ0v) is 3.21. The van der Waals surface area contributed by atoms with Crippen LogP contribution >= 0.6 is 0 Å². The molecule has 0 bridgehead atoms. The van der Waals surface area contributed by atoms with Crippen molar-refractivity contribution in [2.45, 2.75) is 0 Å². The Labute approximate surface area is 38.4 Å². The summed E-state index contributed by atoms with van der Waals surface area (Å²) in [7, 11) is 0. The van der Waals surface area contributed by atoms with Crippen LogP contribution in [0.3, 0.4) is 0 Å². The standard InChI is InChI=1S/H2O4.3H2O/c1-3-4-2;;;/h1-2H;3*1H2. The average molecular weight is 120 g/mol. The van der Waals surface area contributed by atoms with Crippen LogP contribution in [0.4, 0.5) is 0 Å². The summed E-state index contributed by atoms with van der Waals surface area (Å²) in [6.07, 6.45) is 0. The van der Waals surface area contributed by atoms with Gasteiger partial charge in [0, 0.05) is 0 Å². The predicted molar refractivity (Wildman–Crippen MR) is 18.3 cm³/mol. The number of rotatable bonds is 1. The first kappa shape index (κ1) is 29.7. The van der Waals surface area contributed by atoms with E-state index in [0.29, 0.717) is 0 Å². The second-order valence-electron chi connectivity index (χ2n) is 0.149. The second kappa shape index (κ2) is 43.1. The topological polar surface area (TPSA) is 153 Å². The third-order valence-electron chi connectivity index (χ3n) is 0.0333. The fraction of sp³-hybridized carbons (Fsp3) is 0. The van der Waals surface area contributed by atoms with Crippen LogP contribution in [0, 0.1) is 0 Å². The molecule has 0 aliphatic rings. The van der Waals surface area contributed by atoms with Crippen molar-refractivity contribution in [2.24, 2.45) is 0 Å². The Kier molecular flexibility index (Phi) is 183. The van der Waals surface area contributed by atoms with Gasteiger partial charge < -0.3 is 16.4 Å². The molecule has 0 saturated carbocycles. The zero-order valence-electron chi connectivity index (χ0n) is 3.21. The summed E-state index contributed by atoms with van der Waals surface area (Å²) in [5.41, 5.74) is 0. The maximum absolute atomic E-state index is 6.90. The van der Waals surface area contributed by atoms with Crippen LogP contribution in [-0.2, 0) is 10.1 Å². The lowest BCUT2D eigenvalue weighted by atomic mass is 14.4. The predicted octanol–water partition coefficient (Wildman–Crippen LogP) is -2.59. The van der Waals surface area contributed by atoms with Crippen molar-refractivity contribution in [2.75, 3.05) is 0 Å². The first-order chi connectivity index (χ1) is 1.91. The lowest BCUT2D eigenvalue weighted by molar-refractivity contribution is -0.611. The quantitative estimate of drug-likeness (QED) is 0.287. The van der Waals surface area contributed by atoms with Crippen molar-refractivity contribution in [3.63, 3.8) is 0 Å². The molecule has 0 rings (SSSR count). The molecule has 8 N–H and O–H groups in total. The molecule has 7 heavy (non-hydrogen) atoms. The van der Waals surface area contributed by atoms with Gasteiger partial charge in [0.15, 0.2) is 0 Å². The molecule has 0 amide bonds. The molecule has 0 saturated heterocycles. The van der Waals surface area contributed by atoms with Crippen LogP contribution in [-0.4, -0.2) is 26.9 Å². The molecule has 0 aromatic rings. The van der Waals surface area contributed by atoms with Crippen molar-refractivity contribution in [1.29, 1.82) is 0 Å². The van der Waals surface area contributed by atoms with Gasteiger partial charge in [0.05, 0.1) is 0 Å². The fourth-order valence-corrected chi connectivity index (χ4v) is 0. The monoisotopic (exact) mass is 120 g/mol. The minimum Gasteiger partial charge on any atom is -0.412 e. The van der Waals surface area contributed by atoms with Gasteiger partial charge in [-0.1, -0.05) is 0 Å². The summed E-state index contributed by atoms with van der Waals surface area (Å²) in [6, 6.07) is 0. The van der Waals surface area contributed by atoms with Gasteiger partial charge in [0.1, 0.15) is 0 Å². The van der Waals surface area contributed by atoms with Gasteiger partial charge in [0.2, 0.25) is 0 Å². The first-order valence-corrected chi connectivity index (χ1v) is 0.532. The van der Waals surface area contributed by atoms with Gasteiger partial charge in [-0.15, -0.1) is 0 Å². The molecule has 0 atom stereocenters. The van der Waals surface area contributed by atoms with Gasteiger partial charge in [0.25, 0.3) is 0 Å². The van der Waals surface area contributed by atoms with Gasteiger partial charge >= 0.3 is 0 Å². The zero-order chi connectivity index (χ0) is 3.41. The Morgan fingerprint density at radius 3 is 0.857 bits per heavy atom. The van der Waals surface area contributed by atoms with Gasteiger partial charge in [-0.05, 0) is 10.1 Å². The van der Waals surface area contributed by atoms with E-state index < -0.39 is 0 Å². The highest BCUT2D eigenvalue weighted by Gasteiger charge is 1.53.